The van der Waals surface area contributed by atoms with Gasteiger partial charge in [0, 0.05) is 25.7 Å². The minimum absolute atomic E-state index is 0.0268. The molecule has 0 saturated carbocycles. The molecule has 0 atom stereocenters. The molecule has 0 unspecified atom stereocenters. The SMILES string of the molecule is CN(CC(=O)N1CCCNC(=O)C1)C(=O)c1ccccc1. The Bertz CT molecular complexity index is 530. The van der Waals surface area contributed by atoms with Crippen molar-refractivity contribution in [1.29, 1.82) is 0 Å². The van der Waals surface area contributed by atoms with Crippen molar-refractivity contribution in [3.8, 4) is 0 Å². The molecule has 1 aliphatic heterocycles. The van der Waals surface area contributed by atoms with Crippen LogP contribution in [-0.4, -0.2) is 60.7 Å². The van der Waals surface area contributed by atoms with Gasteiger partial charge in [0.25, 0.3) is 5.91 Å². The maximum atomic E-state index is 12.2. The van der Waals surface area contributed by atoms with Crippen molar-refractivity contribution in [3.05, 3.63) is 35.9 Å². The van der Waals surface area contributed by atoms with E-state index in [2.05, 4.69) is 5.32 Å². The lowest BCUT2D eigenvalue weighted by atomic mass is 10.2. The predicted molar refractivity (Wildman–Crippen MR) is 77.6 cm³/mol. The van der Waals surface area contributed by atoms with Crippen LogP contribution in [0, 0.1) is 0 Å². The van der Waals surface area contributed by atoms with E-state index in [1.165, 1.54) is 9.80 Å². The monoisotopic (exact) mass is 289 g/mol. The molecule has 2 rings (SSSR count). The summed E-state index contributed by atoms with van der Waals surface area (Å²) < 4.78 is 0. The van der Waals surface area contributed by atoms with Crippen LogP contribution in [0.4, 0.5) is 0 Å². The Balaban J connectivity index is 1.95. The highest BCUT2D eigenvalue weighted by molar-refractivity contribution is 5.96. The molecule has 0 bridgehead atoms. The summed E-state index contributed by atoms with van der Waals surface area (Å²) in [7, 11) is 1.59. The number of carbonyl (C=O) groups is 3. The van der Waals surface area contributed by atoms with Crippen molar-refractivity contribution in [2.45, 2.75) is 6.42 Å². The number of hydrogen-bond donors (Lipinski definition) is 1. The average molecular weight is 289 g/mol. The number of rotatable bonds is 3. The van der Waals surface area contributed by atoms with Gasteiger partial charge in [0.05, 0.1) is 13.1 Å². The van der Waals surface area contributed by atoms with Crippen LogP contribution in [-0.2, 0) is 9.59 Å². The van der Waals surface area contributed by atoms with E-state index in [1.54, 1.807) is 31.3 Å². The molecular weight excluding hydrogens is 270 g/mol. The van der Waals surface area contributed by atoms with Crippen LogP contribution in [0.15, 0.2) is 30.3 Å². The second kappa shape index (κ2) is 6.88. The van der Waals surface area contributed by atoms with Crippen LogP contribution >= 0.6 is 0 Å². The molecule has 6 heteroatoms. The molecule has 1 heterocycles. The van der Waals surface area contributed by atoms with Crippen LogP contribution in [0.3, 0.4) is 0 Å². The van der Waals surface area contributed by atoms with Crippen LogP contribution in [0.1, 0.15) is 16.8 Å². The van der Waals surface area contributed by atoms with E-state index < -0.39 is 0 Å². The van der Waals surface area contributed by atoms with E-state index >= 15 is 0 Å². The molecule has 1 fully saturated rings. The lowest BCUT2D eigenvalue weighted by molar-refractivity contribution is -0.135. The Morgan fingerprint density at radius 2 is 2.00 bits per heavy atom. The normalized spacial score (nSPS) is 15.1. The molecule has 0 aromatic heterocycles. The van der Waals surface area contributed by atoms with Crippen molar-refractivity contribution in [3.63, 3.8) is 0 Å². The Labute approximate surface area is 123 Å². The summed E-state index contributed by atoms with van der Waals surface area (Å²) in [6.07, 6.45) is 0.730. The van der Waals surface area contributed by atoms with Gasteiger partial charge in [-0.05, 0) is 18.6 Å². The van der Waals surface area contributed by atoms with E-state index in [1.807, 2.05) is 6.07 Å². The zero-order valence-corrected chi connectivity index (χ0v) is 12.0. The summed E-state index contributed by atoms with van der Waals surface area (Å²) in [5.74, 6) is -0.569. The van der Waals surface area contributed by atoms with Gasteiger partial charge in [-0.2, -0.15) is 0 Å². The van der Waals surface area contributed by atoms with Gasteiger partial charge in [0.15, 0.2) is 0 Å². The first kappa shape index (κ1) is 15.0. The van der Waals surface area contributed by atoms with Crippen molar-refractivity contribution in [2.24, 2.45) is 0 Å². The topological polar surface area (TPSA) is 69.7 Å². The molecule has 1 aliphatic rings. The largest absolute Gasteiger partial charge is 0.354 e. The fourth-order valence-corrected chi connectivity index (χ4v) is 2.19. The molecule has 112 valence electrons. The Hall–Kier alpha value is -2.37. The van der Waals surface area contributed by atoms with Gasteiger partial charge in [-0.3, -0.25) is 14.4 Å². The Morgan fingerprint density at radius 1 is 1.29 bits per heavy atom. The summed E-state index contributed by atoms with van der Waals surface area (Å²) in [6, 6.07) is 8.81. The molecular formula is C15H19N3O3. The molecule has 6 nitrogen and oxygen atoms in total. The van der Waals surface area contributed by atoms with Crippen molar-refractivity contribution in [2.75, 3.05) is 33.2 Å². The number of carbonyl (C=O) groups excluding carboxylic acids is 3. The first-order valence-corrected chi connectivity index (χ1v) is 6.93. The van der Waals surface area contributed by atoms with Crippen LogP contribution in [0.2, 0.25) is 0 Å². The van der Waals surface area contributed by atoms with Crippen LogP contribution in [0.25, 0.3) is 0 Å². The van der Waals surface area contributed by atoms with Gasteiger partial charge in [-0.15, -0.1) is 0 Å². The highest BCUT2D eigenvalue weighted by Gasteiger charge is 2.22. The van der Waals surface area contributed by atoms with Crippen molar-refractivity contribution in [1.82, 2.24) is 15.1 Å². The molecule has 0 aliphatic carbocycles. The maximum absolute atomic E-state index is 12.2. The zero-order valence-electron chi connectivity index (χ0n) is 12.0. The number of nitrogens with zero attached hydrogens (tertiary/aromatic N) is 2. The lowest BCUT2D eigenvalue weighted by Crippen LogP contribution is -2.43. The van der Waals surface area contributed by atoms with E-state index in [0.717, 1.165) is 6.42 Å². The molecule has 0 spiro atoms. The predicted octanol–water partition coefficient (Wildman–Crippen LogP) is 0.107. The molecule has 0 radical (unpaired) electrons. The molecule has 1 aromatic rings. The Morgan fingerprint density at radius 3 is 2.71 bits per heavy atom. The van der Waals surface area contributed by atoms with Gasteiger partial charge < -0.3 is 15.1 Å². The smallest absolute Gasteiger partial charge is 0.254 e. The van der Waals surface area contributed by atoms with Crippen LogP contribution < -0.4 is 5.32 Å². The van der Waals surface area contributed by atoms with Gasteiger partial charge in [-0.1, -0.05) is 18.2 Å². The molecule has 1 aromatic carbocycles. The fraction of sp³-hybridized carbons (Fsp3) is 0.400. The zero-order chi connectivity index (χ0) is 15.2. The Kier molecular flexibility index (Phi) is 4.92. The number of nitrogens with one attached hydrogen (secondary N) is 1. The fourth-order valence-electron chi connectivity index (χ4n) is 2.19. The lowest BCUT2D eigenvalue weighted by Gasteiger charge is -2.23. The number of benzene rings is 1. The maximum Gasteiger partial charge on any atom is 0.254 e. The summed E-state index contributed by atoms with van der Waals surface area (Å²) in [5, 5.41) is 2.72. The standard InChI is InChI=1S/C15H19N3O3/c1-17(15(21)12-6-3-2-4-7-12)11-14(20)18-9-5-8-16-13(19)10-18/h2-4,6-7H,5,8-11H2,1H3,(H,16,19). The highest BCUT2D eigenvalue weighted by Crippen LogP contribution is 2.04. The first-order chi connectivity index (χ1) is 10.1. The van der Waals surface area contributed by atoms with Crippen LogP contribution in [0.5, 0.6) is 0 Å². The molecule has 21 heavy (non-hydrogen) atoms. The third kappa shape index (κ3) is 4.05. The number of hydrogen-bond acceptors (Lipinski definition) is 3. The van der Waals surface area contributed by atoms with Gasteiger partial charge in [0.1, 0.15) is 0 Å². The first-order valence-electron chi connectivity index (χ1n) is 6.93. The summed E-state index contributed by atoms with van der Waals surface area (Å²) in [4.78, 5) is 38.7. The summed E-state index contributed by atoms with van der Waals surface area (Å²) in [5.41, 5.74) is 0.543. The highest BCUT2D eigenvalue weighted by atomic mass is 16.2. The quantitative estimate of drug-likeness (QED) is 0.858. The third-order valence-electron chi connectivity index (χ3n) is 3.35. The van der Waals surface area contributed by atoms with E-state index in [0.29, 0.717) is 18.7 Å². The second-order valence-electron chi connectivity index (χ2n) is 5.05. The average Bonchev–Trinajstić information content (AvgIpc) is 2.72. The van der Waals surface area contributed by atoms with Gasteiger partial charge >= 0.3 is 0 Å². The van der Waals surface area contributed by atoms with Gasteiger partial charge in [0.2, 0.25) is 11.8 Å². The summed E-state index contributed by atoms with van der Waals surface area (Å²) in [6.45, 7) is 1.15. The third-order valence-corrected chi connectivity index (χ3v) is 3.35. The van der Waals surface area contributed by atoms with E-state index in [4.69, 9.17) is 0 Å². The van der Waals surface area contributed by atoms with Crippen molar-refractivity contribution < 1.29 is 14.4 Å². The van der Waals surface area contributed by atoms with E-state index in [-0.39, 0.29) is 30.8 Å². The number of likely N-dealkylation sites (N-methyl/N-ethyl adjacent to an activating group) is 1. The summed E-state index contributed by atoms with van der Waals surface area (Å²) >= 11 is 0. The van der Waals surface area contributed by atoms with Crippen molar-refractivity contribution >= 4 is 17.7 Å². The number of amides is 3. The minimum Gasteiger partial charge on any atom is -0.354 e. The van der Waals surface area contributed by atoms with Gasteiger partial charge in [-0.25, -0.2) is 0 Å². The second-order valence-corrected chi connectivity index (χ2v) is 5.05. The van der Waals surface area contributed by atoms with E-state index in [9.17, 15) is 14.4 Å². The molecule has 3 amide bonds. The molecule has 1 N–H and O–H groups in total. The minimum atomic E-state index is -0.209. The molecule has 1 saturated heterocycles.